The lowest BCUT2D eigenvalue weighted by Gasteiger charge is -2.23. The number of aliphatic hydroxyl groups excluding tert-OH is 1. The Hall–Kier alpha value is -0.700. The fourth-order valence-corrected chi connectivity index (χ4v) is 5.26. The number of hydrogen-bond donors (Lipinski definition) is 2. The van der Waals surface area contributed by atoms with Crippen LogP contribution in [-0.2, 0) is 4.74 Å². The molecule has 0 radical (unpaired) electrons. The molecule has 1 fully saturated rings. The van der Waals surface area contributed by atoms with E-state index in [1.54, 1.807) is 6.92 Å². The van der Waals surface area contributed by atoms with Crippen molar-refractivity contribution in [3.8, 4) is 0 Å². The SMILES string of the molecule is Cc1cn([C@H]2CC(CC(C)SSC(C)(C)C)[C@@H](CO)O2)c(=O)[nH]c1=O. The molecule has 1 aliphatic rings. The van der Waals surface area contributed by atoms with Crippen LogP contribution in [0.5, 0.6) is 0 Å². The maximum Gasteiger partial charge on any atom is 0.330 e. The summed E-state index contributed by atoms with van der Waals surface area (Å²) >= 11 is 0. The summed E-state index contributed by atoms with van der Waals surface area (Å²) in [5.74, 6) is 0.178. The van der Waals surface area contributed by atoms with Gasteiger partial charge < -0.3 is 9.84 Å². The molecule has 6 nitrogen and oxygen atoms in total. The third-order valence-electron chi connectivity index (χ3n) is 4.10. The monoisotopic (exact) mass is 388 g/mol. The number of ether oxygens (including phenoxy) is 1. The molecule has 1 saturated heterocycles. The molecular weight excluding hydrogens is 360 g/mol. The van der Waals surface area contributed by atoms with Crippen LogP contribution < -0.4 is 11.2 Å². The average Bonchev–Trinajstić information content (AvgIpc) is 2.91. The number of hydrogen-bond acceptors (Lipinski definition) is 6. The summed E-state index contributed by atoms with van der Waals surface area (Å²) < 4.78 is 7.54. The molecular formula is C17H28N2O4S2. The molecule has 0 bridgehead atoms. The van der Waals surface area contributed by atoms with Crippen molar-refractivity contribution < 1.29 is 9.84 Å². The largest absolute Gasteiger partial charge is 0.394 e. The van der Waals surface area contributed by atoms with Crippen LogP contribution in [0.4, 0.5) is 0 Å². The molecule has 0 aromatic carbocycles. The molecule has 2 rings (SSSR count). The summed E-state index contributed by atoms with van der Waals surface area (Å²) in [6, 6.07) is 0. The van der Waals surface area contributed by atoms with Crippen molar-refractivity contribution in [3.63, 3.8) is 0 Å². The van der Waals surface area contributed by atoms with Crippen LogP contribution in [0.2, 0.25) is 0 Å². The Labute approximate surface area is 156 Å². The first-order chi connectivity index (χ1) is 11.6. The van der Waals surface area contributed by atoms with Gasteiger partial charge in [-0.1, -0.05) is 49.3 Å². The molecule has 0 saturated carbocycles. The molecule has 8 heteroatoms. The highest BCUT2D eigenvalue weighted by Crippen LogP contribution is 2.43. The Morgan fingerprint density at radius 2 is 2.12 bits per heavy atom. The van der Waals surface area contributed by atoms with Crippen LogP contribution in [-0.4, -0.2) is 37.4 Å². The summed E-state index contributed by atoms with van der Waals surface area (Å²) in [4.78, 5) is 25.9. The van der Waals surface area contributed by atoms with Gasteiger partial charge >= 0.3 is 5.69 Å². The predicted octanol–water partition coefficient (Wildman–Crippen LogP) is 2.70. The van der Waals surface area contributed by atoms with Crippen molar-refractivity contribution in [1.29, 1.82) is 0 Å². The number of nitrogens with one attached hydrogen (secondary N) is 1. The highest BCUT2D eigenvalue weighted by molar-refractivity contribution is 8.77. The molecule has 0 amide bonds. The molecule has 0 aliphatic carbocycles. The minimum atomic E-state index is -0.469. The normalized spacial score (nSPS) is 25.3. The average molecular weight is 389 g/mol. The fourth-order valence-electron chi connectivity index (χ4n) is 2.89. The van der Waals surface area contributed by atoms with Gasteiger partial charge in [-0.15, -0.1) is 0 Å². The van der Waals surface area contributed by atoms with Crippen LogP contribution in [0.25, 0.3) is 0 Å². The Kier molecular flexibility index (Phi) is 6.87. The Balaban J connectivity index is 2.06. The van der Waals surface area contributed by atoms with Crippen molar-refractivity contribution in [1.82, 2.24) is 9.55 Å². The van der Waals surface area contributed by atoms with Crippen LogP contribution in [0, 0.1) is 12.8 Å². The van der Waals surface area contributed by atoms with E-state index in [4.69, 9.17) is 4.74 Å². The van der Waals surface area contributed by atoms with E-state index in [1.165, 1.54) is 10.8 Å². The lowest BCUT2D eigenvalue weighted by atomic mass is 9.95. The lowest BCUT2D eigenvalue weighted by molar-refractivity contribution is -0.0331. The second-order valence-electron chi connectivity index (χ2n) is 7.62. The number of rotatable bonds is 6. The smallest absolute Gasteiger partial charge is 0.330 e. The van der Waals surface area contributed by atoms with Crippen LogP contribution >= 0.6 is 21.6 Å². The number of nitrogens with zero attached hydrogens (tertiary/aromatic N) is 1. The van der Waals surface area contributed by atoms with Crippen molar-refractivity contribution >= 4 is 21.6 Å². The zero-order valence-electron chi connectivity index (χ0n) is 15.4. The van der Waals surface area contributed by atoms with E-state index in [2.05, 4.69) is 32.7 Å². The zero-order valence-corrected chi connectivity index (χ0v) is 17.1. The van der Waals surface area contributed by atoms with Gasteiger partial charge in [0, 0.05) is 21.8 Å². The highest BCUT2D eigenvalue weighted by Gasteiger charge is 2.37. The maximum atomic E-state index is 12.1. The van der Waals surface area contributed by atoms with E-state index in [9.17, 15) is 14.7 Å². The Morgan fingerprint density at radius 3 is 2.72 bits per heavy atom. The summed E-state index contributed by atoms with van der Waals surface area (Å²) in [6.45, 7) is 10.3. The number of aryl methyl sites for hydroxylation is 1. The molecule has 0 spiro atoms. The van der Waals surface area contributed by atoms with Gasteiger partial charge in [0.25, 0.3) is 5.56 Å². The van der Waals surface area contributed by atoms with Crippen molar-refractivity contribution in [2.75, 3.05) is 6.61 Å². The summed E-state index contributed by atoms with van der Waals surface area (Å²) in [5, 5.41) is 10.1. The topological polar surface area (TPSA) is 84.3 Å². The fraction of sp³-hybridized carbons (Fsp3) is 0.765. The summed E-state index contributed by atoms with van der Waals surface area (Å²) in [6.07, 6.45) is 2.37. The quantitative estimate of drug-likeness (QED) is 0.729. The second-order valence-corrected chi connectivity index (χ2v) is 11.1. The van der Waals surface area contributed by atoms with Crippen molar-refractivity contribution in [2.45, 2.75) is 69.8 Å². The van der Waals surface area contributed by atoms with Gasteiger partial charge in [0.1, 0.15) is 6.23 Å². The predicted molar refractivity (Wildman–Crippen MR) is 104 cm³/mol. The maximum absolute atomic E-state index is 12.1. The molecule has 25 heavy (non-hydrogen) atoms. The molecule has 1 aromatic rings. The lowest BCUT2D eigenvalue weighted by Crippen LogP contribution is -2.33. The van der Waals surface area contributed by atoms with Crippen LogP contribution in [0.15, 0.2) is 15.8 Å². The number of H-pyrrole nitrogens is 1. The molecule has 1 aliphatic heterocycles. The number of aliphatic hydroxyl groups is 1. The highest BCUT2D eigenvalue weighted by atomic mass is 33.1. The minimum Gasteiger partial charge on any atom is -0.394 e. The zero-order chi connectivity index (χ0) is 18.8. The molecule has 4 atom stereocenters. The number of aromatic amines is 1. The first-order valence-electron chi connectivity index (χ1n) is 8.53. The molecule has 2 heterocycles. The van der Waals surface area contributed by atoms with Gasteiger partial charge in [0.05, 0.1) is 12.7 Å². The number of aromatic nitrogens is 2. The van der Waals surface area contributed by atoms with Crippen molar-refractivity contribution in [2.24, 2.45) is 5.92 Å². The van der Waals surface area contributed by atoms with Crippen LogP contribution in [0.3, 0.4) is 0 Å². The summed E-state index contributed by atoms with van der Waals surface area (Å²) in [7, 11) is 3.71. The molecule has 2 N–H and O–H groups in total. The van der Waals surface area contributed by atoms with Gasteiger partial charge in [-0.2, -0.15) is 0 Å². The van der Waals surface area contributed by atoms with E-state index in [1.807, 2.05) is 21.6 Å². The first-order valence-corrected chi connectivity index (χ1v) is 10.7. The summed E-state index contributed by atoms with van der Waals surface area (Å²) in [5.41, 5.74) is -0.375. The van der Waals surface area contributed by atoms with Gasteiger partial charge in [-0.3, -0.25) is 14.3 Å². The Bertz CT molecular complexity index is 695. The van der Waals surface area contributed by atoms with Crippen LogP contribution in [0.1, 0.15) is 52.3 Å². The molecule has 1 aromatic heterocycles. The van der Waals surface area contributed by atoms with E-state index in [0.717, 1.165) is 6.42 Å². The molecule has 142 valence electrons. The van der Waals surface area contributed by atoms with E-state index in [0.29, 0.717) is 17.2 Å². The Morgan fingerprint density at radius 1 is 1.44 bits per heavy atom. The van der Waals surface area contributed by atoms with Gasteiger partial charge in [0.15, 0.2) is 0 Å². The van der Waals surface area contributed by atoms with Crippen molar-refractivity contribution in [3.05, 3.63) is 32.6 Å². The minimum absolute atomic E-state index is 0.0674. The first kappa shape index (κ1) is 20.6. The molecule has 2 unspecified atom stereocenters. The van der Waals surface area contributed by atoms with Gasteiger partial charge in [-0.05, 0) is 25.7 Å². The van der Waals surface area contributed by atoms with E-state index >= 15 is 0 Å². The third-order valence-corrected chi connectivity index (χ3v) is 7.99. The van der Waals surface area contributed by atoms with E-state index in [-0.39, 0.29) is 28.9 Å². The standard InChI is InChI=1S/C17H28N2O4S2/c1-10-8-19(16(22)18-15(10)21)14-7-12(13(9-20)23-14)6-11(2)24-25-17(3,4)5/h8,11-14,20H,6-7,9H2,1-5H3,(H,18,21,22)/t11?,12?,13-,14-/m1/s1. The van der Waals surface area contributed by atoms with Gasteiger partial charge in [0.2, 0.25) is 0 Å². The third kappa shape index (κ3) is 5.64. The van der Waals surface area contributed by atoms with E-state index < -0.39 is 11.9 Å². The van der Waals surface area contributed by atoms with Gasteiger partial charge in [-0.25, -0.2) is 4.79 Å². The second kappa shape index (κ2) is 8.33.